The first kappa shape index (κ1) is 43.6. The number of halogens is 2. The summed E-state index contributed by atoms with van der Waals surface area (Å²) >= 11 is 0. The molecule has 4 aromatic carbocycles. The Kier molecular flexibility index (Phi) is 14.8. The van der Waals surface area contributed by atoms with E-state index in [-0.39, 0.29) is 23.6 Å². The molecule has 4 aromatic rings. The largest absolute Gasteiger partial charge is 0.508 e. The third-order valence-electron chi connectivity index (χ3n) is 9.36. The van der Waals surface area contributed by atoms with Gasteiger partial charge in [-0.2, -0.15) is 28.0 Å². The zero-order chi connectivity index (χ0) is 40.7. The highest BCUT2D eigenvalue weighted by Gasteiger charge is 2.29. The summed E-state index contributed by atoms with van der Waals surface area (Å²) in [5, 5.41) is 20.7. The van der Waals surface area contributed by atoms with E-state index >= 15 is 0 Å². The van der Waals surface area contributed by atoms with E-state index in [1.807, 2.05) is 24.3 Å². The molecule has 1 unspecified atom stereocenters. The maximum Gasteiger partial charge on any atom is 0.169 e. The van der Waals surface area contributed by atoms with Crippen molar-refractivity contribution in [2.45, 2.75) is 37.8 Å². The van der Waals surface area contributed by atoms with Gasteiger partial charge in [-0.25, -0.2) is 0 Å². The lowest BCUT2D eigenvalue weighted by Crippen LogP contribution is -2.58. The molecule has 300 valence electrons. The van der Waals surface area contributed by atoms with Gasteiger partial charge in [0, 0.05) is 25.2 Å². The first-order valence-corrected chi connectivity index (χ1v) is 19.2. The van der Waals surface area contributed by atoms with Crippen molar-refractivity contribution in [1.82, 2.24) is 9.80 Å². The fourth-order valence-corrected chi connectivity index (χ4v) is 6.72. The van der Waals surface area contributed by atoms with Gasteiger partial charge in [-0.1, -0.05) is 18.2 Å². The number of fused-ring (bicyclic) bond motifs is 2. The van der Waals surface area contributed by atoms with Crippen LogP contribution >= 0.6 is 0 Å². The number of methoxy groups -OCH3 is 3. The van der Waals surface area contributed by atoms with Crippen molar-refractivity contribution < 1.29 is 86.9 Å². The molecule has 0 fully saturated rings. The lowest BCUT2D eigenvalue weighted by Gasteiger charge is -2.35. The van der Waals surface area contributed by atoms with Crippen LogP contribution in [0.25, 0.3) is 0 Å². The molecule has 55 heavy (non-hydrogen) atoms. The molecule has 2 atom stereocenters. The number of nitrogens with zero attached hydrogens (tertiary/aromatic N) is 2. The molecule has 0 saturated carbocycles. The van der Waals surface area contributed by atoms with Crippen LogP contribution in [0, 0.1) is 20.5 Å². The van der Waals surface area contributed by atoms with Crippen LogP contribution in [0.1, 0.15) is 45.5 Å². The van der Waals surface area contributed by atoms with Gasteiger partial charge < -0.3 is 29.2 Å². The molecular formula is C37H44Cl2N2O14. The number of aromatic hydroxyl groups is 2. The highest BCUT2D eigenvalue weighted by molar-refractivity contribution is 5.54. The van der Waals surface area contributed by atoms with Crippen molar-refractivity contribution in [3.63, 3.8) is 0 Å². The van der Waals surface area contributed by atoms with Crippen molar-refractivity contribution in [1.29, 1.82) is 0 Å². The summed E-state index contributed by atoms with van der Waals surface area (Å²) in [5.41, 5.74) is 7.07. The van der Waals surface area contributed by atoms with E-state index in [1.54, 1.807) is 39.5 Å². The zero-order valence-electron chi connectivity index (χ0n) is 30.8. The van der Waals surface area contributed by atoms with Crippen molar-refractivity contribution in [2.75, 3.05) is 48.5 Å². The molecule has 0 radical (unpaired) electrons. The summed E-state index contributed by atoms with van der Waals surface area (Å²) in [5.74, 6) is 3.38. The van der Waals surface area contributed by atoms with Crippen LogP contribution < -0.4 is 46.9 Å². The Balaban J connectivity index is 0.000000599. The van der Waals surface area contributed by atoms with Crippen molar-refractivity contribution >= 4 is 0 Å². The molecule has 2 aliphatic heterocycles. The number of phenols is 2. The summed E-state index contributed by atoms with van der Waals surface area (Å²) in [4.78, 5) is 4.71. The summed E-state index contributed by atoms with van der Waals surface area (Å²) in [6.07, 6.45) is 3.37. The Morgan fingerprint density at radius 2 is 0.982 bits per heavy atom. The van der Waals surface area contributed by atoms with E-state index in [2.05, 4.69) is 48.2 Å². The van der Waals surface area contributed by atoms with E-state index < -0.39 is 20.5 Å². The smallest absolute Gasteiger partial charge is 0.169 e. The molecule has 0 amide bonds. The number of hydrogen-bond acceptors (Lipinski definition) is 16. The first-order chi connectivity index (χ1) is 25.8. The Morgan fingerprint density at radius 3 is 1.45 bits per heavy atom. The number of likely N-dealkylation sites (N-methyl/N-ethyl adjacent to an activating group) is 2. The third kappa shape index (κ3) is 12.7. The summed E-state index contributed by atoms with van der Waals surface area (Å²) in [6.45, 7) is 1.86. The molecule has 0 aromatic heterocycles. The average Bonchev–Trinajstić information content (AvgIpc) is 3.10. The Hall–Kier alpha value is -4.14. The Bertz CT molecular complexity index is 1860. The number of hydrogen-bond donors (Lipinski definition) is 4. The second-order valence-corrected chi connectivity index (χ2v) is 14.5. The fourth-order valence-electron chi connectivity index (χ4n) is 6.72. The molecule has 0 saturated heterocycles. The van der Waals surface area contributed by atoms with E-state index in [0.29, 0.717) is 17.2 Å². The lowest BCUT2D eigenvalue weighted by atomic mass is 9.88. The molecule has 16 nitrogen and oxygen atoms in total. The quantitative estimate of drug-likeness (QED) is 0.146. The molecule has 2 aliphatic rings. The minimum atomic E-state index is -4.69. The van der Waals surface area contributed by atoms with Crippen molar-refractivity contribution in [3.05, 3.63) is 100 Å². The number of benzene rings is 4. The standard InChI is InChI=1S/C37H42N2O6.2ClHO4/c1-38-14-13-26-20-35(43-4)37(22-29(26)30(38)16-23-6-9-27(40)10-7-23)45-33-18-24(8-11-32(33)41)17-31-28-21-36(44-5)34(42-3)19-25(28)12-15-39(31)2;2*2-1(3,4)5/h6-11,18-22,30-31,40-41H,12-17H2,1-5H3;2*(H,2,3,4,5)/t30-,31?;;/m0../s1. The Morgan fingerprint density at radius 1 is 0.582 bits per heavy atom. The van der Waals surface area contributed by atoms with Gasteiger partial charge in [0.05, 0.1) is 51.1 Å². The molecule has 4 N–H and O–H groups in total. The van der Waals surface area contributed by atoms with E-state index in [9.17, 15) is 10.2 Å². The van der Waals surface area contributed by atoms with Crippen LogP contribution in [0.2, 0.25) is 0 Å². The molecular weight excluding hydrogens is 767 g/mol. The van der Waals surface area contributed by atoms with Gasteiger partial charge in [0.1, 0.15) is 5.75 Å². The fraction of sp³-hybridized carbons (Fsp3) is 0.351. The SMILES string of the molecule is COc1cc2c(cc1OC)C(Cc1ccc(O)c(Oc3cc4c(cc3OC)CCN(C)[C@H]4Cc3ccc(O)cc3)c1)N(C)CC2.[O-][Cl+3]([O-])([O-])O.[O-][Cl+3]([O-])([O-])O. The van der Waals surface area contributed by atoms with Gasteiger partial charge in [-0.05, 0) is 122 Å². The van der Waals surface area contributed by atoms with Crippen LogP contribution in [-0.2, 0) is 25.7 Å². The zero-order valence-corrected chi connectivity index (χ0v) is 32.3. The number of phenolic OH excluding ortho intramolecular Hbond substituents is 2. The monoisotopic (exact) mass is 810 g/mol. The van der Waals surface area contributed by atoms with Crippen LogP contribution in [0.4, 0.5) is 0 Å². The van der Waals surface area contributed by atoms with E-state index in [4.69, 9.17) is 56.2 Å². The lowest BCUT2D eigenvalue weighted by molar-refractivity contribution is -1.92. The topological polar surface area (TPSA) is 263 Å². The van der Waals surface area contributed by atoms with Gasteiger partial charge in [-0.15, -0.1) is 0 Å². The molecule has 0 aliphatic carbocycles. The first-order valence-electron chi connectivity index (χ1n) is 16.7. The van der Waals surface area contributed by atoms with E-state index in [1.165, 1.54) is 22.3 Å². The molecule has 6 rings (SSSR count). The number of rotatable bonds is 9. The Labute approximate surface area is 322 Å². The highest BCUT2D eigenvalue weighted by atomic mass is 35.7. The van der Waals surface area contributed by atoms with E-state index in [0.717, 1.165) is 61.4 Å². The molecule has 18 heteroatoms. The maximum absolute atomic E-state index is 10.9. The van der Waals surface area contributed by atoms with Crippen molar-refractivity contribution in [2.24, 2.45) is 0 Å². The van der Waals surface area contributed by atoms with Gasteiger partial charge >= 0.3 is 0 Å². The second-order valence-electron chi connectivity index (χ2n) is 12.9. The minimum absolute atomic E-state index is 0.0695. The maximum atomic E-state index is 10.9. The summed E-state index contributed by atoms with van der Waals surface area (Å²) in [6, 6.07) is 21.6. The number of ether oxygens (including phenoxy) is 4. The van der Waals surface area contributed by atoms with Crippen LogP contribution in [0.3, 0.4) is 0 Å². The summed E-state index contributed by atoms with van der Waals surface area (Å²) < 4.78 is 88.9. The third-order valence-corrected chi connectivity index (χ3v) is 9.36. The van der Waals surface area contributed by atoms with Gasteiger partial charge in [0.2, 0.25) is 0 Å². The molecule has 0 bridgehead atoms. The van der Waals surface area contributed by atoms with Gasteiger partial charge in [0.15, 0.2) is 34.5 Å². The highest BCUT2D eigenvalue weighted by Crippen LogP contribution is 2.44. The minimum Gasteiger partial charge on any atom is -0.508 e. The van der Waals surface area contributed by atoms with Crippen LogP contribution in [0.15, 0.2) is 66.7 Å². The normalized spacial score (nSPS) is 17.0. The molecule has 0 spiro atoms. The van der Waals surface area contributed by atoms with Crippen LogP contribution in [-0.4, -0.2) is 77.8 Å². The predicted molar refractivity (Wildman–Crippen MR) is 179 cm³/mol. The van der Waals surface area contributed by atoms with Crippen molar-refractivity contribution in [3.8, 4) is 40.2 Å². The van der Waals surface area contributed by atoms with Gasteiger partial charge in [-0.3, -0.25) is 9.80 Å². The molecule has 2 heterocycles. The predicted octanol–water partition coefficient (Wildman–Crippen LogP) is -1.79. The van der Waals surface area contributed by atoms with Gasteiger partial charge in [0.25, 0.3) is 0 Å². The second kappa shape index (κ2) is 18.7. The summed E-state index contributed by atoms with van der Waals surface area (Å²) in [7, 11) is -0.127. The van der Waals surface area contributed by atoms with Crippen LogP contribution in [0.5, 0.6) is 40.2 Å². The average molecular weight is 812 g/mol.